The van der Waals surface area contributed by atoms with Crippen molar-refractivity contribution in [3.63, 3.8) is 0 Å². The zero-order chi connectivity index (χ0) is 9.84. The molecule has 0 amide bonds. The first-order chi connectivity index (χ1) is 6.16. The Labute approximate surface area is 80.7 Å². The molecule has 0 aromatic carbocycles. The van der Waals surface area contributed by atoms with E-state index in [1.807, 2.05) is 20.2 Å². The van der Waals surface area contributed by atoms with Crippen LogP contribution < -0.4 is 0 Å². The highest BCUT2D eigenvalue weighted by Gasteiger charge is 2.15. The molecule has 0 saturated heterocycles. The van der Waals surface area contributed by atoms with E-state index in [0.29, 0.717) is 0 Å². The maximum atomic E-state index is 4.08. The third kappa shape index (κ3) is 2.20. The first-order valence-electron chi connectivity index (χ1n) is 4.71. The number of hydrogen-bond donors (Lipinski definition) is 0. The lowest BCUT2D eigenvalue weighted by Gasteiger charge is -2.31. The highest BCUT2D eigenvalue weighted by Crippen LogP contribution is 2.23. The van der Waals surface area contributed by atoms with Gasteiger partial charge in [0, 0.05) is 25.5 Å². The molecule has 2 heteroatoms. The third-order valence-corrected chi connectivity index (χ3v) is 2.37. The summed E-state index contributed by atoms with van der Waals surface area (Å²) in [5.74, 6) is 0. The summed E-state index contributed by atoms with van der Waals surface area (Å²) in [5, 5.41) is 0. The molecule has 0 saturated carbocycles. The van der Waals surface area contributed by atoms with E-state index < -0.39 is 0 Å². The molecule has 1 rings (SSSR count). The van der Waals surface area contributed by atoms with E-state index in [1.165, 1.54) is 24.1 Å². The van der Waals surface area contributed by atoms with Crippen LogP contribution in [0.1, 0.15) is 26.7 Å². The minimum Gasteiger partial charge on any atom is -0.345 e. The standard InChI is InChI=1S/C11H18N2/c1-9(2)13-7-5-6-10(3)11(13)8-12-4/h8H,1,5-7H2,2-4H3/b12-8-. The minimum atomic E-state index is 1.08. The van der Waals surface area contributed by atoms with Gasteiger partial charge >= 0.3 is 0 Å². The third-order valence-electron chi connectivity index (χ3n) is 2.37. The fourth-order valence-corrected chi connectivity index (χ4v) is 1.68. The molecule has 0 atom stereocenters. The molecule has 13 heavy (non-hydrogen) atoms. The van der Waals surface area contributed by atoms with E-state index in [0.717, 1.165) is 12.2 Å². The molecular formula is C11H18N2. The summed E-state index contributed by atoms with van der Waals surface area (Å²) in [7, 11) is 1.81. The lowest BCUT2D eigenvalue weighted by atomic mass is 10.0. The lowest BCUT2D eigenvalue weighted by molar-refractivity contribution is 0.409. The van der Waals surface area contributed by atoms with E-state index in [9.17, 15) is 0 Å². The van der Waals surface area contributed by atoms with Gasteiger partial charge in [-0.25, -0.2) is 0 Å². The Hall–Kier alpha value is -1.05. The van der Waals surface area contributed by atoms with E-state index >= 15 is 0 Å². The summed E-state index contributed by atoms with van der Waals surface area (Å²) in [6.07, 6.45) is 4.34. The van der Waals surface area contributed by atoms with E-state index in [4.69, 9.17) is 0 Å². The molecule has 0 fully saturated rings. The molecular weight excluding hydrogens is 160 g/mol. The van der Waals surface area contributed by atoms with Crippen LogP contribution in [0.5, 0.6) is 0 Å². The SMILES string of the molecule is C=C(C)N1CCCC(C)=C1/C=N\C. The van der Waals surface area contributed by atoms with Crippen LogP contribution in [-0.2, 0) is 0 Å². The maximum Gasteiger partial charge on any atom is 0.0578 e. The molecule has 0 aromatic heterocycles. The van der Waals surface area contributed by atoms with Crippen molar-refractivity contribution in [3.05, 3.63) is 23.5 Å². The molecule has 0 unspecified atom stereocenters. The van der Waals surface area contributed by atoms with Gasteiger partial charge in [0.25, 0.3) is 0 Å². The molecule has 72 valence electrons. The fourth-order valence-electron chi connectivity index (χ4n) is 1.68. The minimum absolute atomic E-state index is 1.08. The normalized spacial score (nSPS) is 18.5. The van der Waals surface area contributed by atoms with Gasteiger partial charge in [-0.15, -0.1) is 0 Å². The first kappa shape index (κ1) is 10.0. The van der Waals surface area contributed by atoms with Crippen molar-refractivity contribution in [1.82, 2.24) is 4.90 Å². The monoisotopic (exact) mass is 178 g/mol. The molecule has 0 bridgehead atoms. The van der Waals surface area contributed by atoms with Gasteiger partial charge in [-0.05, 0) is 32.3 Å². The van der Waals surface area contributed by atoms with Gasteiger partial charge in [0.05, 0.1) is 5.70 Å². The number of aliphatic imine (C=N–C) groups is 1. The molecule has 1 aliphatic rings. The van der Waals surface area contributed by atoms with Crippen molar-refractivity contribution in [3.8, 4) is 0 Å². The smallest absolute Gasteiger partial charge is 0.0578 e. The highest BCUT2D eigenvalue weighted by atomic mass is 15.2. The Kier molecular flexibility index (Phi) is 3.29. The number of hydrogen-bond acceptors (Lipinski definition) is 2. The molecule has 0 radical (unpaired) electrons. The second-order valence-corrected chi connectivity index (χ2v) is 3.54. The van der Waals surface area contributed by atoms with Gasteiger partial charge in [-0.1, -0.05) is 6.58 Å². The lowest BCUT2D eigenvalue weighted by Crippen LogP contribution is -2.27. The van der Waals surface area contributed by atoms with Crippen LogP contribution in [0.3, 0.4) is 0 Å². The van der Waals surface area contributed by atoms with E-state index in [-0.39, 0.29) is 0 Å². The molecule has 0 N–H and O–H groups in total. The predicted octanol–water partition coefficient (Wildman–Crippen LogP) is 2.59. The summed E-state index contributed by atoms with van der Waals surface area (Å²) < 4.78 is 0. The van der Waals surface area contributed by atoms with Gasteiger partial charge in [-0.2, -0.15) is 0 Å². The van der Waals surface area contributed by atoms with Crippen LogP contribution in [0.25, 0.3) is 0 Å². The summed E-state index contributed by atoms with van der Waals surface area (Å²) in [6.45, 7) is 9.27. The molecule has 1 heterocycles. The average Bonchev–Trinajstić information content (AvgIpc) is 2.08. The Morgan fingerprint density at radius 1 is 1.62 bits per heavy atom. The zero-order valence-electron chi connectivity index (χ0n) is 8.80. The van der Waals surface area contributed by atoms with Crippen molar-refractivity contribution in [1.29, 1.82) is 0 Å². The van der Waals surface area contributed by atoms with E-state index in [2.05, 4.69) is 23.4 Å². The zero-order valence-corrected chi connectivity index (χ0v) is 8.80. The summed E-state index contributed by atoms with van der Waals surface area (Å²) in [4.78, 5) is 6.32. The second kappa shape index (κ2) is 4.26. The van der Waals surface area contributed by atoms with Crippen LogP contribution in [0.15, 0.2) is 28.5 Å². The van der Waals surface area contributed by atoms with Crippen molar-refractivity contribution in [2.45, 2.75) is 26.7 Å². The first-order valence-corrected chi connectivity index (χ1v) is 4.71. The molecule has 0 aliphatic carbocycles. The van der Waals surface area contributed by atoms with Crippen LogP contribution in [-0.4, -0.2) is 24.7 Å². The number of nitrogens with zero attached hydrogens (tertiary/aromatic N) is 2. The molecule has 2 nitrogen and oxygen atoms in total. The van der Waals surface area contributed by atoms with E-state index in [1.54, 1.807) is 0 Å². The summed E-state index contributed by atoms with van der Waals surface area (Å²) >= 11 is 0. The average molecular weight is 178 g/mol. The van der Waals surface area contributed by atoms with Gasteiger partial charge in [0.15, 0.2) is 0 Å². The quantitative estimate of drug-likeness (QED) is 0.593. The van der Waals surface area contributed by atoms with Crippen molar-refractivity contribution >= 4 is 6.21 Å². The predicted molar refractivity (Wildman–Crippen MR) is 57.9 cm³/mol. The van der Waals surface area contributed by atoms with Crippen LogP contribution >= 0.6 is 0 Å². The summed E-state index contributed by atoms with van der Waals surface area (Å²) in [5.41, 5.74) is 3.76. The Morgan fingerprint density at radius 2 is 2.31 bits per heavy atom. The topological polar surface area (TPSA) is 15.6 Å². The van der Waals surface area contributed by atoms with Gasteiger partial charge in [-0.3, -0.25) is 4.99 Å². The Balaban J connectivity index is 2.96. The number of allylic oxidation sites excluding steroid dienone is 3. The number of rotatable bonds is 2. The van der Waals surface area contributed by atoms with Gasteiger partial charge < -0.3 is 4.90 Å². The summed E-state index contributed by atoms with van der Waals surface area (Å²) in [6, 6.07) is 0. The van der Waals surface area contributed by atoms with Crippen LogP contribution in [0, 0.1) is 0 Å². The Morgan fingerprint density at radius 3 is 2.85 bits per heavy atom. The van der Waals surface area contributed by atoms with Gasteiger partial charge in [0.1, 0.15) is 0 Å². The second-order valence-electron chi connectivity index (χ2n) is 3.54. The van der Waals surface area contributed by atoms with Crippen molar-refractivity contribution in [2.24, 2.45) is 4.99 Å². The largest absolute Gasteiger partial charge is 0.345 e. The molecule has 1 aliphatic heterocycles. The maximum absolute atomic E-state index is 4.08. The Bertz CT molecular complexity index is 261. The highest BCUT2D eigenvalue weighted by molar-refractivity contribution is 5.79. The fraction of sp³-hybridized carbons (Fsp3) is 0.545. The van der Waals surface area contributed by atoms with Crippen molar-refractivity contribution in [2.75, 3.05) is 13.6 Å². The molecule has 0 aromatic rings. The van der Waals surface area contributed by atoms with Crippen molar-refractivity contribution < 1.29 is 0 Å². The van der Waals surface area contributed by atoms with Crippen LogP contribution in [0.2, 0.25) is 0 Å². The van der Waals surface area contributed by atoms with Crippen LogP contribution in [0.4, 0.5) is 0 Å². The molecule has 0 spiro atoms. The van der Waals surface area contributed by atoms with Gasteiger partial charge in [0.2, 0.25) is 0 Å².